The lowest BCUT2D eigenvalue weighted by Gasteiger charge is -2.15. The van der Waals surface area contributed by atoms with Gasteiger partial charge in [0.2, 0.25) is 0 Å². The zero-order chi connectivity index (χ0) is 14.5. The second-order valence-electron chi connectivity index (χ2n) is 5.33. The first kappa shape index (κ1) is 16.7. The Morgan fingerprint density at radius 3 is 2.59 bits per heavy atom. The SMILES string of the molecule is COc1ccc([C@H]2CCCN2)cc1OCc1ccccc1.Cl. The van der Waals surface area contributed by atoms with E-state index in [1.807, 2.05) is 24.3 Å². The number of methoxy groups -OCH3 is 1. The molecule has 3 rings (SSSR count). The molecule has 118 valence electrons. The lowest BCUT2D eigenvalue weighted by Crippen LogP contribution is -2.13. The van der Waals surface area contributed by atoms with Crippen LogP contribution in [-0.2, 0) is 6.61 Å². The predicted molar refractivity (Wildman–Crippen MR) is 91.0 cm³/mol. The van der Waals surface area contributed by atoms with E-state index in [9.17, 15) is 0 Å². The number of halogens is 1. The zero-order valence-corrected chi connectivity index (χ0v) is 13.6. The standard InChI is InChI=1S/C18H21NO2.ClH/c1-20-17-10-9-15(16-8-5-11-19-16)12-18(17)21-13-14-6-3-2-4-7-14;/h2-4,6-7,9-10,12,16,19H,5,8,11,13H2,1H3;1H/t16-;/m1./s1. The van der Waals surface area contributed by atoms with Gasteiger partial charge >= 0.3 is 0 Å². The lowest BCUT2D eigenvalue weighted by molar-refractivity contribution is 0.284. The number of benzene rings is 2. The molecule has 0 aromatic heterocycles. The van der Waals surface area contributed by atoms with Gasteiger partial charge in [-0.05, 0) is 42.6 Å². The molecule has 1 saturated heterocycles. The molecule has 0 unspecified atom stereocenters. The van der Waals surface area contributed by atoms with Crippen LogP contribution in [-0.4, -0.2) is 13.7 Å². The van der Waals surface area contributed by atoms with Crippen molar-refractivity contribution in [3.05, 3.63) is 59.7 Å². The Bertz CT molecular complexity index is 583. The van der Waals surface area contributed by atoms with E-state index in [0.29, 0.717) is 12.6 Å². The summed E-state index contributed by atoms with van der Waals surface area (Å²) >= 11 is 0. The molecule has 22 heavy (non-hydrogen) atoms. The molecule has 1 N–H and O–H groups in total. The molecule has 1 heterocycles. The molecule has 1 fully saturated rings. The van der Waals surface area contributed by atoms with E-state index < -0.39 is 0 Å². The summed E-state index contributed by atoms with van der Waals surface area (Å²) in [5, 5.41) is 3.51. The Labute approximate surface area is 138 Å². The predicted octanol–water partition coefficient (Wildman–Crippen LogP) is 4.12. The topological polar surface area (TPSA) is 30.5 Å². The van der Waals surface area contributed by atoms with Crippen LogP contribution in [0.4, 0.5) is 0 Å². The summed E-state index contributed by atoms with van der Waals surface area (Å²) in [4.78, 5) is 0. The van der Waals surface area contributed by atoms with E-state index in [-0.39, 0.29) is 12.4 Å². The van der Waals surface area contributed by atoms with Gasteiger partial charge in [0.05, 0.1) is 7.11 Å². The third-order valence-corrected chi connectivity index (χ3v) is 3.89. The molecule has 0 amide bonds. The fraction of sp³-hybridized carbons (Fsp3) is 0.333. The van der Waals surface area contributed by atoms with Crippen LogP contribution in [0, 0.1) is 0 Å². The first-order valence-corrected chi connectivity index (χ1v) is 7.45. The number of ether oxygens (including phenoxy) is 2. The van der Waals surface area contributed by atoms with Crippen molar-refractivity contribution in [1.82, 2.24) is 5.32 Å². The third kappa shape index (κ3) is 3.93. The highest BCUT2D eigenvalue weighted by atomic mass is 35.5. The summed E-state index contributed by atoms with van der Waals surface area (Å²) < 4.78 is 11.4. The van der Waals surface area contributed by atoms with Gasteiger partial charge in [0.15, 0.2) is 11.5 Å². The quantitative estimate of drug-likeness (QED) is 0.899. The molecule has 0 spiro atoms. The summed E-state index contributed by atoms with van der Waals surface area (Å²) in [6, 6.07) is 16.8. The summed E-state index contributed by atoms with van der Waals surface area (Å²) in [5.74, 6) is 1.60. The minimum Gasteiger partial charge on any atom is -0.493 e. The fourth-order valence-electron chi connectivity index (χ4n) is 2.73. The van der Waals surface area contributed by atoms with E-state index in [0.717, 1.165) is 23.6 Å². The molecular formula is C18H22ClNO2. The van der Waals surface area contributed by atoms with Gasteiger partial charge < -0.3 is 14.8 Å². The third-order valence-electron chi connectivity index (χ3n) is 3.89. The zero-order valence-electron chi connectivity index (χ0n) is 12.7. The molecule has 1 aliphatic rings. The molecule has 0 saturated carbocycles. The van der Waals surface area contributed by atoms with Crippen molar-refractivity contribution in [2.24, 2.45) is 0 Å². The van der Waals surface area contributed by atoms with E-state index in [1.165, 1.54) is 18.4 Å². The van der Waals surface area contributed by atoms with Crippen molar-refractivity contribution in [3.63, 3.8) is 0 Å². The fourth-order valence-corrected chi connectivity index (χ4v) is 2.73. The van der Waals surface area contributed by atoms with Crippen LogP contribution in [0.1, 0.15) is 30.0 Å². The highest BCUT2D eigenvalue weighted by Gasteiger charge is 2.18. The van der Waals surface area contributed by atoms with E-state index in [2.05, 4.69) is 29.6 Å². The van der Waals surface area contributed by atoms with Crippen LogP contribution < -0.4 is 14.8 Å². The van der Waals surface area contributed by atoms with Crippen molar-refractivity contribution in [1.29, 1.82) is 0 Å². The van der Waals surface area contributed by atoms with Gasteiger partial charge in [-0.1, -0.05) is 36.4 Å². The molecule has 0 aliphatic carbocycles. The maximum Gasteiger partial charge on any atom is 0.161 e. The highest BCUT2D eigenvalue weighted by molar-refractivity contribution is 5.85. The van der Waals surface area contributed by atoms with Crippen LogP contribution in [0.15, 0.2) is 48.5 Å². The van der Waals surface area contributed by atoms with Crippen molar-refractivity contribution < 1.29 is 9.47 Å². The van der Waals surface area contributed by atoms with Gasteiger partial charge in [-0.15, -0.1) is 12.4 Å². The Morgan fingerprint density at radius 2 is 1.91 bits per heavy atom. The molecule has 4 heteroatoms. The Kier molecular flexibility index (Phi) is 6.10. The van der Waals surface area contributed by atoms with Crippen molar-refractivity contribution in [2.75, 3.05) is 13.7 Å². The van der Waals surface area contributed by atoms with Crippen molar-refractivity contribution >= 4 is 12.4 Å². The van der Waals surface area contributed by atoms with Crippen LogP contribution in [0.3, 0.4) is 0 Å². The van der Waals surface area contributed by atoms with Gasteiger partial charge in [0.25, 0.3) is 0 Å². The van der Waals surface area contributed by atoms with Gasteiger partial charge in [0, 0.05) is 6.04 Å². The second kappa shape index (κ2) is 8.06. The average molecular weight is 320 g/mol. The van der Waals surface area contributed by atoms with E-state index >= 15 is 0 Å². The van der Waals surface area contributed by atoms with Crippen LogP contribution in [0.5, 0.6) is 11.5 Å². The number of hydrogen-bond donors (Lipinski definition) is 1. The molecule has 0 radical (unpaired) electrons. The first-order chi connectivity index (χ1) is 10.4. The van der Waals surface area contributed by atoms with Crippen molar-refractivity contribution in [2.45, 2.75) is 25.5 Å². The summed E-state index contributed by atoms with van der Waals surface area (Å²) in [6.45, 7) is 1.65. The van der Waals surface area contributed by atoms with Crippen LogP contribution >= 0.6 is 12.4 Å². The number of rotatable bonds is 5. The van der Waals surface area contributed by atoms with Crippen LogP contribution in [0.2, 0.25) is 0 Å². The molecular weight excluding hydrogens is 298 g/mol. The summed E-state index contributed by atoms with van der Waals surface area (Å²) in [6.07, 6.45) is 2.42. The molecule has 2 aromatic carbocycles. The van der Waals surface area contributed by atoms with Gasteiger partial charge in [-0.25, -0.2) is 0 Å². The summed E-state index contributed by atoms with van der Waals surface area (Å²) in [5.41, 5.74) is 2.43. The number of nitrogens with one attached hydrogen (secondary N) is 1. The Morgan fingerprint density at radius 1 is 1.09 bits per heavy atom. The lowest BCUT2D eigenvalue weighted by atomic mass is 10.0. The van der Waals surface area contributed by atoms with E-state index in [4.69, 9.17) is 9.47 Å². The molecule has 0 bridgehead atoms. The smallest absolute Gasteiger partial charge is 0.161 e. The van der Waals surface area contributed by atoms with Gasteiger partial charge in [-0.2, -0.15) is 0 Å². The average Bonchev–Trinajstić information content (AvgIpc) is 3.08. The monoisotopic (exact) mass is 319 g/mol. The van der Waals surface area contributed by atoms with Gasteiger partial charge in [0.1, 0.15) is 6.61 Å². The van der Waals surface area contributed by atoms with Crippen molar-refractivity contribution in [3.8, 4) is 11.5 Å². The molecule has 3 nitrogen and oxygen atoms in total. The summed E-state index contributed by atoms with van der Waals surface area (Å²) in [7, 11) is 1.68. The molecule has 1 aliphatic heterocycles. The molecule has 2 aromatic rings. The normalized spacial score (nSPS) is 16.9. The molecule has 1 atom stereocenters. The maximum absolute atomic E-state index is 5.96. The second-order valence-corrected chi connectivity index (χ2v) is 5.33. The largest absolute Gasteiger partial charge is 0.493 e. The Hall–Kier alpha value is -1.71. The van der Waals surface area contributed by atoms with Gasteiger partial charge in [-0.3, -0.25) is 0 Å². The van der Waals surface area contributed by atoms with Crippen LogP contribution in [0.25, 0.3) is 0 Å². The minimum atomic E-state index is 0. The maximum atomic E-state index is 5.96. The van der Waals surface area contributed by atoms with E-state index in [1.54, 1.807) is 7.11 Å². The number of hydrogen-bond acceptors (Lipinski definition) is 3. The Balaban J connectivity index is 0.00000176. The first-order valence-electron chi connectivity index (χ1n) is 7.45. The minimum absolute atomic E-state index is 0. The highest BCUT2D eigenvalue weighted by Crippen LogP contribution is 2.33.